The van der Waals surface area contributed by atoms with Crippen molar-refractivity contribution in [2.24, 2.45) is 0 Å². The van der Waals surface area contributed by atoms with Crippen molar-refractivity contribution >= 4 is 6.29 Å². The maximum Gasteiger partial charge on any atom is 0.146 e. The molecule has 0 saturated heterocycles. The van der Waals surface area contributed by atoms with Crippen molar-refractivity contribution in [2.75, 3.05) is 0 Å². The van der Waals surface area contributed by atoms with Gasteiger partial charge in [0.2, 0.25) is 0 Å². The van der Waals surface area contributed by atoms with Gasteiger partial charge in [0.25, 0.3) is 0 Å². The van der Waals surface area contributed by atoms with E-state index in [0.717, 1.165) is 12.8 Å². The summed E-state index contributed by atoms with van der Waals surface area (Å²) in [5.74, 6) is 0. The molecule has 0 saturated carbocycles. The monoisotopic (exact) mass is 199 g/mol. The van der Waals surface area contributed by atoms with E-state index in [2.05, 4.69) is 12.1 Å². The van der Waals surface area contributed by atoms with Crippen molar-refractivity contribution in [1.29, 1.82) is 0 Å². The lowest BCUT2D eigenvalue weighted by atomic mass is 10.1. The fourth-order valence-electron chi connectivity index (χ4n) is 1.62. The second-order valence-electron chi connectivity index (χ2n) is 3.51. The Labute approximate surface area is 89.5 Å². The lowest BCUT2D eigenvalue weighted by molar-refractivity contribution is -0.110. The second kappa shape index (κ2) is 4.60. The normalized spacial score (nSPS) is 19.2. The van der Waals surface area contributed by atoms with E-state index in [4.69, 9.17) is 0 Å². The Kier molecular flexibility index (Phi) is 2.98. The van der Waals surface area contributed by atoms with Crippen molar-refractivity contribution in [2.45, 2.75) is 12.6 Å². The van der Waals surface area contributed by atoms with Gasteiger partial charge in [-0.1, -0.05) is 42.5 Å². The van der Waals surface area contributed by atoms with E-state index >= 15 is 0 Å². The Bertz CT molecular complexity index is 381. The van der Waals surface area contributed by atoms with Crippen LogP contribution in [0.2, 0.25) is 0 Å². The summed E-state index contributed by atoms with van der Waals surface area (Å²) >= 11 is 0. The first-order chi connectivity index (χ1) is 7.40. The Hall–Kier alpha value is -1.83. The smallest absolute Gasteiger partial charge is 0.146 e. The second-order valence-corrected chi connectivity index (χ2v) is 3.51. The number of aldehydes is 1. The number of hydrogen-bond acceptors (Lipinski definition) is 2. The summed E-state index contributed by atoms with van der Waals surface area (Å²) < 4.78 is 0. The van der Waals surface area contributed by atoms with E-state index in [1.54, 1.807) is 0 Å². The topological polar surface area (TPSA) is 20.3 Å². The van der Waals surface area contributed by atoms with Crippen molar-refractivity contribution < 1.29 is 4.79 Å². The van der Waals surface area contributed by atoms with Crippen LogP contribution >= 0.6 is 0 Å². The molecule has 1 unspecified atom stereocenters. The zero-order valence-electron chi connectivity index (χ0n) is 8.41. The van der Waals surface area contributed by atoms with Gasteiger partial charge in [-0.3, -0.25) is 0 Å². The Balaban J connectivity index is 2.08. The van der Waals surface area contributed by atoms with Crippen molar-refractivity contribution in [3.63, 3.8) is 0 Å². The maximum atomic E-state index is 10.8. The zero-order valence-corrected chi connectivity index (χ0v) is 8.41. The first-order valence-corrected chi connectivity index (χ1v) is 5.00. The van der Waals surface area contributed by atoms with E-state index in [9.17, 15) is 4.79 Å². The van der Waals surface area contributed by atoms with Gasteiger partial charge in [-0.15, -0.1) is 0 Å². The molecule has 0 fully saturated rings. The largest absolute Gasteiger partial charge is 0.360 e. The van der Waals surface area contributed by atoms with Crippen LogP contribution in [0.15, 0.2) is 54.8 Å². The van der Waals surface area contributed by atoms with Crippen LogP contribution in [0.5, 0.6) is 0 Å². The molecule has 2 rings (SSSR count). The number of rotatable bonds is 3. The number of nitrogens with zero attached hydrogens (tertiary/aromatic N) is 1. The predicted molar refractivity (Wildman–Crippen MR) is 60.1 cm³/mol. The highest BCUT2D eigenvalue weighted by Crippen LogP contribution is 2.11. The number of allylic oxidation sites excluding steroid dienone is 2. The molecule has 1 aromatic rings. The molecule has 2 heteroatoms. The van der Waals surface area contributed by atoms with Crippen LogP contribution in [0.1, 0.15) is 5.56 Å². The lowest BCUT2D eigenvalue weighted by Crippen LogP contribution is -2.31. The molecular weight excluding hydrogens is 186 g/mol. The van der Waals surface area contributed by atoms with Crippen LogP contribution in [-0.4, -0.2) is 17.2 Å². The molecule has 0 N–H and O–H groups in total. The van der Waals surface area contributed by atoms with E-state index < -0.39 is 0 Å². The molecule has 1 aromatic carbocycles. The van der Waals surface area contributed by atoms with Crippen molar-refractivity contribution in [3.8, 4) is 0 Å². The minimum Gasteiger partial charge on any atom is -0.360 e. The number of hydrogen-bond donors (Lipinski definition) is 0. The highest BCUT2D eigenvalue weighted by Gasteiger charge is 2.12. The van der Waals surface area contributed by atoms with Gasteiger partial charge in [0.05, 0.1) is 0 Å². The average Bonchev–Trinajstić information content (AvgIpc) is 2.31. The summed E-state index contributed by atoms with van der Waals surface area (Å²) in [6, 6.07) is 10.0. The highest BCUT2D eigenvalue weighted by atomic mass is 16.1. The minimum absolute atomic E-state index is 0.129. The van der Waals surface area contributed by atoms with Gasteiger partial charge < -0.3 is 9.69 Å². The molecule has 1 aliphatic rings. The van der Waals surface area contributed by atoms with Crippen LogP contribution in [0, 0.1) is 0 Å². The molecule has 2 nitrogen and oxygen atoms in total. The number of benzene rings is 1. The summed E-state index contributed by atoms with van der Waals surface area (Å²) in [4.78, 5) is 12.8. The standard InChI is InChI=1S/C13H13NO/c15-11-13-8-4-5-9-14(13)10-12-6-2-1-3-7-12/h1-9,11,13H,10H2. The van der Waals surface area contributed by atoms with Crippen LogP contribution in [0.4, 0.5) is 0 Å². The van der Waals surface area contributed by atoms with E-state index in [1.807, 2.05) is 47.5 Å². The summed E-state index contributed by atoms with van der Waals surface area (Å²) in [7, 11) is 0. The molecule has 0 aromatic heterocycles. The van der Waals surface area contributed by atoms with Gasteiger partial charge in [0, 0.05) is 12.7 Å². The van der Waals surface area contributed by atoms with Crippen molar-refractivity contribution in [3.05, 3.63) is 60.3 Å². The fraction of sp³-hybridized carbons (Fsp3) is 0.154. The third-order valence-electron chi connectivity index (χ3n) is 2.43. The van der Waals surface area contributed by atoms with Gasteiger partial charge in [-0.05, 0) is 11.6 Å². The quantitative estimate of drug-likeness (QED) is 0.695. The molecule has 1 atom stereocenters. The first kappa shape index (κ1) is 9.71. The third-order valence-corrected chi connectivity index (χ3v) is 2.43. The Morgan fingerprint density at radius 3 is 2.73 bits per heavy atom. The molecule has 1 aliphatic heterocycles. The third kappa shape index (κ3) is 2.34. The summed E-state index contributed by atoms with van der Waals surface area (Å²) in [6.45, 7) is 0.769. The van der Waals surface area contributed by atoms with E-state index in [-0.39, 0.29) is 6.04 Å². The average molecular weight is 199 g/mol. The minimum atomic E-state index is -0.129. The predicted octanol–water partition coefficient (Wildman–Crippen LogP) is 2.14. The molecular formula is C13H13NO. The molecule has 15 heavy (non-hydrogen) atoms. The fourth-order valence-corrected chi connectivity index (χ4v) is 1.62. The SMILES string of the molecule is O=CC1C=CC=CN1Cc1ccccc1. The van der Waals surface area contributed by atoms with Gasteiger partial charge in [-0.2, -0.15) is 0 Å². The zero-order chi connectivity index (χ0) is 10.5. The molecule has 0 spiro atoms. The number of carbonyl (C=O) groups is 1. The Morgan fingerprint density at radius 1 is 1.20 bits per heavy atom. The summed E-state index contributed by atoms with van der Waals surface area (Å²) in [5.41, 5.74) is 1.21. The lowest BCUT2D eigenvalue weighted by Gasteiger charge is -2.26. The number of carbonyl (C=O) groups excluding carboxylic acids is 1. The summed E-state index contributed by atoms with van der Waals surface area (Å²) in [5, 5.41) is 0. The molecule has 76 valence electrons. The van der Waals surface area contributed by atoms with Crippen LogP contribution in [0.25, 0.3) is 0 Å². The molecule has 0 radical (unpaired) electrons. The molecule has 0 bridgehead atoms. The van der Waals surface area contributed by atoms with Gasteiger partial charge in [0.15, 0.2) is 0 Å². The van der Waals surface area contributed by atoms with Crippen molar-refractivity contribution in [1.82, 2.24) is 4.90 Å². The first-order valence-electron chi connectivity index (χ1n) is 5.00. The van der Waals surface area contributed by atoms with Gasteiger partial charge in [-0.25, -0.2) is 0 Å². The van der Waals surface area contributed by atoms with Crippen LogP contribution in [0.3, 0.4) is 0 Å². The molecule has 0 amide bonds. The highest BCUT2D eigenvalue weighted by molar-refractivity contribution is 5.62. The van der Waals surface area contributed by atoms with Crippen LogP contribution < -0.4 is 0 Å². The van der Waals surface area contributed by atoms with Gasteiger partial charge >= 0.3 is 0 Å². The summed E-state index contributed by atoms with van der Waals surface area (Å²) in [6.07, 6.45) is 8.66. The van der Waals surface area contributed by atoms with E-state index in [0.29, 0.717) is 0 Å². The van der Waals surface area contributed by atoms with E-state index in [1.165, 1.54) is 5.56 Å². The maximum absolute atomic E-state index is 10.8. The molecule has 0 aliphatic carbocycles. The molecule has 1 heterocycles. The van der Waals surface area contributed by atoms with Crippen LogP contribution in [-0.2, 0) is 11.3 Å². The Morgan fingerprint density at radius 2 is 2.00 bits per heavy atom. The van der Waals surface area contributed by atoms with Gasteiger partial charge in [0.1, 0.15) is 12.3 Å².